The Morgan fingerprint density at radius 3 is 2.79 bits per heavy atom. The largest absolute Gasteiger partial charge is 0.477 e. The lowest BCUT2D eigenvalue weighted by Gasteiger charge is -2.55. The maximum Gasteiger partial charge on any atom is 0.352 e. The Balaban J connectivity index is 1.45. The fourth-order valence-corrected chi connectivity index (χ4v) is 6.78. The Bertz CT molecular complexity index is 1390. The van der Waals surface area contributed by atoms with Gasteiger partial charge in [0.2, 0.25) is 11.1 Å². The number of aliphatic carboxylic acids is 1. The number of rotatable bonds is 12. The zero-order valence-electron chi connectivity index (χ0n) is 20.0. The molecular formula is C18H21N7O10S3. The summed E-state index contributed by atoms with van der Waals surface area (Å²) < 4.78 is 44.3. The molecule has 0 saturated carbocycles. The van der Waals surface area contributed by atoms with Crippen LogP contribution in [0.5, 0.6) is 5.88 Å². The van der Waals surface area contributed by atoms with Crippen molar-refractivity contribution >= 4 is 51.4 Å². The second-order valence-corrected chi connectivity index (χ2v) is 11.3. The number of hydrogen-bond acceptors (Lipinski definition) is 15. The smallest absolute Gasteiger partial charge is 0.352 e. The predicted octanol–water partition coefficient (Wildman–Crippen LogP) is -1.44. The van der Waals surface area contributed by atoms with E-state index in [2.05, 4.69) is 34.9 Å². The highest BCUT2D eigenvalue weighted by Crippen LogP contribution is 2.47. The van der Waals surface area contributed by atoms with Crippen molar-refractivity contribution in [1.82, 2.24) is 35.6 Å². The van der Waals surface area contributed by atoms with Crippen LogP contribution in [0.2, 0.25) is 0 Å². The van der Waals surface area contributed by atoms with Gasteiger partial charge in [-0.25, -0.2) is 9.48 Å². The minimum Gasteiger partial charge on any atom is -0.477 e. The number of carboxylic acid groups (broad SMARTS) is 1. The number of carbonyl (C=O) groups excluding carboxylic acids is 2. The molecule has 2 atom stereocenters. The van der Waals surface area contributed by atoms with Gasteiger partial charge in [0, 0.05) is 38.8 Å². The topological polar surface area (TPSA) is 218 Å². The van der Waals surface area contributed by atoms with Crippen LogP contribution in [-0.4, -0.2) is 104 Å². The Hall–Kier alpha value is -3.20. The van der Waals surface area contributed by atoms with Crippen LogP contribution in [0.3, 0.4) is 0 Å². The van der Waals surface area contributed by atoms with Crippen molar-refractivity contribution in [2.24, 2.45) is 7.05 Å². The number of thioether (sulfide) groups is 2. The SMILES string of the molecule is COCS(=O)(=O)Oc1cc(CC(=O)N[C@]2(OC)C(=O)N3C(C(=O)O)=C(CSc4nnnn4C)CS[C@H]32)on1. The zero-order valence-corrected chi connectivity index (χ0v) is 22.5. The van der Waals surface area contributed by atoms with Crippen LogP contribution in [-0.2, 0) is 47.4 Å². The first-order valence-electron chi connectivity index (χ1n) is 10.5. The number of hydrogen-bond donors (Lipinski definition) is 2. The predicted molar refractivity (Wildman–Crippen MR) is 127 cm³/mol. The third-order valence-corrected chi connectivity index (χ3v) is 8.68. The molecule has 38 heavy (non-hydrogen) atoms. The van der Waals surface area contributed by atoms with Crippen LogP contribution in [0.25, 0.3) is 0 Å². The van der Waals surface area contributed by atoms with E-state index >= 15 is 0 Å². The summed E-state index contributed by atoms with van der Waals surface area (Å²) in [5.41, 5.74) is -1.54. The summed E-state index contributed by atoms with van der Waals surface area (Å²) in [6.45, 7) is 0. The highest BCUT2D eigenvalue weighted by atomic mass is 32.2. The van der Waals surface area contributed by atoms with Gasteiger partial charge in [0.1, 0.15) is 16.8 Å². The van der Waals surface area contributed by atoms with Crippen LogP contribution in [0.15, 0.2) is 27.0 Å². The maximum atomic E-state index is 13.2. The molecule has 20 heteroatoms. The number of aryl methyl sites for hydroxylation is 1. The number of carboxylic acids is 1. The van der Waals surface area contributed by atoms with E-state index in [1.807, 2.05) is 0 Å². The summed E-state index contributed by atoms with van der Waals surface area (Å²) in [7, 11) is -0.0353. The van der Waals surface area contributed by atoms with Gasteiger partial charge in [0.15, 0.2) is 5.94 Å². The number of fused-ring (bicyclic) bond motifs is 1. The van der Waals surface area contributed by atoms with Gasteiger partial charge >= 0.3 is 16.1 Å². The van der Waals surface area contributed by atoms with E-state index in [4.69, 9.17) is 9.26 Å². The van der Waals surface area contributed by atoms with Gasteiger partial charge in [-0.05, 0) is 21.2 Å². The standard InChI is InChI=1S/C18H21N7O10S3/c1-24-17(20-22-23-24)37-7-9-6-36-16-18(33-3,15(29)25(16)13(9)14(27)28)19-11(26)4-10-5-12(21-34-10)35-38(30,31)8-32-2/h5,16H,4,6-8H2,1-3H3,(H,19,26)(H,27,28)/t16-,18-/m0/s1. The first-order valence-corrected chi connectivity index (χ1v) is 14.1. The van der Waals surface area contributed by atoms with Gasteiger partial charge in [0.25, 0.3) is 17.5 Å². The van der Waals surface area contributed by atoms with Gasteiger partial charge < -0.3 is 28.6 Å². The molecule has 0 spiro atoms. The number of tetrazole rings is 1. The lowest BCUT2D eigenvalue weighted by molar-refractivity contribution is -0.192. The molecule has 4 rings (SSSR count). The monoisotopic (exact) mass is 591 g/mol. The molecule has 1 fully saturated rings. The lowest BCUT2D eigenvalue weighted by Crippen LogP contribution is -2.80. The summed E-state index contributed by atoms with van der Waals surface area (Å²) in [4.78, 5) is 39.1. The fraction of sp³-hybridized carbons (Fsp3) is 0.500. The van der Waals surface area contributed by atoms with Crippen LogP contribution >= 0.6 is 23.5 Å². The molecule has 2 aromatic heterocycles. The van der Waals surface area contributed by atoms with E-state index in [9.17, 15) is 27.9 Å². The van der Waals surface area contributed by atoms with Crippen LogP contribution in [0.1, 0.15) is 5.76 Å². The van der Waals surface area contributed by atoms with Gasteiger partial charge in [0.05, 0.1) is 6.42 Å². The van der Waals surface area contributed by atoms with E-state index in [0.29, 0.717) is 10.7 Å². The number of β-lactam (4-membered cyclic amide) rings is 1. The summed E-state index contributed by atoms with van der Waals surface area (Å²) >= 11 is 2.44. The quantitative estimate of drug-likeness (QED) is 0.125. The summed E-state index contributed by atoms with van der Waals surface area (Å²) in [6.07, 6.45) is -0.439. The third-order valence-electron chi connectivity index (χ3n) is 5.26. The van der Waals surface area contributed by atoms with Crippen molar-refractivity contribution in [3.05, 3.63) is 23.1 Å². The number of aromatic nitrogens is 5. The van der Waals surface area contributed by atoms with Gasteiger partial charge in [-0.2, -0.15) is 8.42 Å². The number of nitrogens with zero attached hydrogens (tertiary/aromatic N) is 6. The first kappa shape index (κ1) is 27.8. The Labute approximate surface area is 223 Å². The minimum absolute atomic E-state index is 0.0556. The molecule has 206 valence electrons. The molecule has 0 aromatic carbocycles. The number of nitrogens with one attached hydrogen (secondary N) is 1. The summed E-state index contributed by atoms with van der Waals surface area (Å²) in [5, 5.41) is 26.5. The van der Waals surface area contributed by atoms with Crippen LogP contribution in [0, 0.1) is 0 Å². The Morgan fingerprint density at radius 1 is 1.39 bits per heavy atom. The minimum atomic E-state index is -4.07. The average Bonchev–Trinajstić information content (AvgIpc) is 3.47. The van der Waals surface area contributed by atoms with Crippen molar-refractivity contribution in [1.29, 1.82) is 0 Å². The maximum absolute atomic E-state index is 13.2. The summed E-state index contributed by atoms with van der Waals surface area (Å²) in [6, 6.07) is 1.10. The van der Waals surface area contributed by atoms with Crippen molar-refractivity contribution in [3.8, 4) is 5.88 Å². The van der Waals surface area contributed by atoms with Gasteiger partial charge in [-0.3, -0.25) is 14.5 Å². The second-order valence-electron chi connectivity index (χ2n) is 7.81. The first-order chi connectivity index (χ1) is 18.0. The normalized spacial score (nSPS) is 21.2. The molecule has 17 nitrogen and oxygen atoms in total. The van der Waals surface area contributed by atoms with Gasteiger partial charge in [-0.1, -0.05) is 11.8 Å². The molecule has 2 aliphatic rings. The lowest BCUT2D eigenvalue weighted by atomic mass is 9.98. The number of ether oxygens (including phenoxy) is 2. The number of amides is 2. The molecule has 2 aliphatic heterocycles. The average molecular weight is 592 g/mol. The van der Waals surface area contributed by atoms with E-state index in [0.717, 1.165) is 11.0 Å². The number of methoxy groups -OCH3 is 2. The molecule has 4 heterocycles. The molecule has 0 bridgehead atoms. The Kier molecular flexibility index (Phi) is 7.97. The van der Waals surface area contributed by atoms with Crippen molar-refractivity contribution in [2.45, 2.75) is 22.7 Å². The number of carbonyl (C=O) groups is 3. The van der Waals surface area contributed by atoms with E-state index in [-0.39, 0.29) is 23.0 Å². The molecule has 0 aliphatic carbocycles. The van der Waals surface area contributed by atoms with Crippen molar-refractivity contribution < 1.29 is 46.1 Å². The second kappa shape index (κ2) is 10.9. The van der Waals surface area contributed by atoms with Crippen LogP contribution in [0.4, 0.5) is 0 Å². The molecule has 0 radical (unpaired) electrons. The van der Waals surface area contributed by atoms with Gasteiger partial charge in [-0.15, -0.1) is 16.9 Å². The molecule has 2 N–H and O–H groups in total. The van der Waals surface area contributed by atoms with Crippen LogP contribution < -0.4 is 9.50 Å². The van der Waals surface area contributed by atoms with Crippen molar-refractivity contribution in [3.63, 3.8) is 0 Å². The molecule has 0 unspecified atom stereocenters. The fourth-order valence-electron chi connectivity index (χ4n) is 3.67. The van der Waals surface area contributed by atoms with E-state index < -0.39 is 57.2 Å². The molecule has 2 amide bonds. The Morgan fingerprint density at radius 2 is 2.16 bits per heavy atom. The molecule has 1 saturated heterocycles. The highest BCUT2D eigenvalue weighted by Gasteiger charge is 2.66. The zero-order chi connectivity index (χ0) is 27.7. The third kappa shape index (κ3) is 5.34. The summed E-state index contributed by atoms with van der Waals surface area (Å²) in [5.74, 6) is -3.50. The van der Waals surface area contributed by atoms with E-state index in [1.54, 1.807) is 7.05 Å². The molecular weight excluding hydrogens is 570 g/mol. The molecule has 2 aromatic rings. The highest BCUT2D eigenvalue weighted by molar-refractivity contribution is 8.01. The van der Waals surface area contributed by atoms with E-state index in [1.165, 1.54) is 42.4 Å². The van der Waals surface area contributed by atoms with Crippen molar-refractivity contribution in [2.75, 3.05) is 31.7 Å².